The van der Waals surface area contributed by atoms with Gasteiger partial charge in [-0.3, -0.25) is 9.67 Å². The lowest BCUT2D eigenvalue weighted by molar-refractivity contribution is 0.343. The van der Waals surface area contributed by atoms with Crippen molar-refractivity contribution in [3.8, 4) is 11.3 Å². The quantitative estimate of drug-likeness (QED) is 0.485. The first-order valence-corrected chi connectivity index (χ1v) is 10.5. The van der Waals surface area contributed by atoms with E-state index in [4.69, 9.17) is 4.98 Å². The van der Waals surface area contributed by atoms with Crippen LogP contribution in [0.5, 0.6) is 0 Å². The maximum Gasteiger partial charge on any atom is 0.221 e. The molecule has 0 amide bonds. The predicted octanol–water partition coefficient (Wildman–Crippen LogP) is 2.61. The van der Waals surface area contributed by atoms with Crippen LogP contribution in [-0.4, -0.2) is 52.8 Å². The van der Waals surface area contributed by atoms with Gasteiger partial charge in [-0.25, -0.2) is 14.6 Å². The van der Waals surface area contributed by atoms with Crippen LogP contribution in [0.3, 0.4) is 0 Å². The lowest BCUT2D eigenvalue weighted by Crippen LogP contribution is -2.29. The fourth-order valence-corrected chi connectivity index (χ4v) is 4.14. The number of nitrogens with one attached hydrogen (secondary N) is 1. The molecule has 1 aromatic carbocycles. The second-order valence-electron chi connectivity index (χ2n) is 7.87. The molecular weight excluding hydrogens is 390 g/mol. The summed E-state index contributed by atoms with van der Waals surface area (Å²) in [7, 11) is 0. The molecule has 0 unspecified atom stereocenters. The Morgan fingerprint density at radius 2 is 2.00 bits per heavy atom. The van der Waals surface area contributed by atoms with Gasteiger partial charge in [0.05, 0.1) is 36.2 Å². The third-order valence-electron chi connectivity index (χ3n) is 5.81. The van der Waals surface area contributed by atoms with Crippen LogP contribution in [0.15, 0.2) is 55.1 Å². The normalized spacial score (nSPS) is 15.1. The number of rotatable bonds is 4. The summed E-state index contributed by atoms with van der Waals surface area (Å²) in [6, 6.07) is 10.6. The first kappa shape index (κ1) is 18.1. The highest BCUT2D eigenvalue weighted by atomic mass is 15.4. The lowest BCUT2D eigenvalue weighted by Gasteiger charge is -2.22. The van der Waals surface area contributed by atoms with Crippen LogP contribution in [0.2, 0.25) is 0 Å². The molecule has 0 spiro atoms. The maximum absolute atomic E-state index is 4.82. The van der Waals surface area contributed by atoms with E-state index >= 15 is 0 Å². The van der Waals surface area contributed by atoms with Crippen molar-refractivity contribution in [2.24, 2.45) is 0 Å². The van der Waals surface area contributed by atoms with Crippen molar-refractivity contribution in [2.45, 2.75) is 25.4 Å². The molecule has 0 bridgehead atoms. The van der Waals surface area contributed by atoms with Gasteiger partial charge >= 0.3 is 0 Å². The van der Waals surface area contributed by atoms with E-state index in [9.17, 15) is 0 Å². The van der Waals surface area contributed by atoms with E-state index in [1.54, 1.807) is 17.1 Å². The van der Waals surface area contributed by atoms with E-state index in [1.165, 1.54) is 0 Å². The van der Waals surface area contributed by atoms with Gasteiger partial charge in [0.15, 0.2) is 5.65 Å². The van der Waals surface area contributed by atoms with Crippen molar-refractivity contribution < 1.29 is 0 Å². The average Bonchev–Trinajstić information content (AvgIpc) is 3.47. The molecule has 1 aliphatic rings. The first-order chi connectivity index (χ1) is 15.3. The Kier molecular flexibility index (Phi) is 4.38. The summed E-state index contributed by atoms with van der Waals surface area (Å²) in [4.78, 5) is 13.7. The monoisotopic (exact) mass is 411 g/mol. The smallest absolute Gasteiger partial charge is 0.221 e. The minimum atomic E-state index is 0.432. The highest BCUT2D eigenvalue weighted by molar-refractivity contribution is 5.79. The Morgan fingerprint density at radius 1 is 1.06 bits per heavy atom. The maximum atomic E-state index is 4.82. The zero-order valence-corrected chi connectivity index (χ0v) is 16.9. The summed E-state index contributed by atoms with van der Waals surface area (Å²) in [5.74, 6) is 0. The van der Waals surface area contributed by atoms with E-state index in [0.717, 1.165) is 53.7 Å². The Hall–Kier alpha value is -3.72. The van der Waals surface area contributed by atoms with Crippen LogP contribution in [0.1, 0.15) is 24.4 Å². The number of benzene rings is 1. The Balaban J connectivity index is 1.31. The molecule has 1 N–H and O–H groups in total. The Morgan fingerprint density at radius 3 is 2.94 bits per heavy atom. The molecule has 1 fully saturated rings. The molecule has 0 aliphatic carbocycles. The molecule has 0 saturated carbocycles. The van der Waals surface area contributed by atoms with Gasteiger partial charge in [-0.05, 0) is 49.7 Å². The summed E-state index contributed by atoms with van der Waals surface area (Å²) in [6.45, 7) is 2.62. The number of nitrogens with zero attached hydrogens (tertiary/aromatic N) is 8. The zero-order valence-electron chi connectivity index (χ0n) is 16.9. The number of hydrogen-bond acceptors (Lipinski definition) is 7. The zero-order chi connectivity index (χ0) is 20.6. The third kappa shape index (κ3) is 3.42. The minimum Gasteiger partial charge on any atom is -0.317 e. The van der Waals surface area contributed by atoms with Crippen LogP contribution >= 0.6 is 0 Å². The Labute approximate surface area is 178 Å². The first-order valence-electron chi connectivity index (χ1n) is 10.5. The van der Waals surface area contributed by atoms with Crippen LogP contribution < -0.4 is 5.32 Å². The van der Waals surface area contributed by atoms with E-state index in [2.05, 4.69) is 59.8 Å². The van der Waals surface area contributed by atoms with Crippen molar-refractivity contribution in [1.82, 2.24) is 45.0 Å². The molecule has 4 aromatic heterocycles. The molecular formula is C22H21N9. The van der Waals surface area contributed by atoms with Crippen LogP contribution in [0, 0.1) is 0 Å². The molecule has 6 rings (SSSR count). The molecule has 154 valence electrons. The average molecular weight is 411 g/mol. The molecule has 5 aromatic rings. The summed E-state index contributed by atoms with van der Waals surface area (Å²) < 4.78 is 3.85. The van der Waals surface area contributed by atoms with Gasteiger partial charge in [0.2, 0.25) is 5.65 Å². The second-order valence-corrected chi connectivity index (χ2v) is 7.87. The predicted molar refractivity (Wildman–Crippen MR) is 116 cm³/mol. The summed E-state index contributed by atoms with van der Waals surface area (Å²) >= 11 is 0. The van der Waals surface area contributed by atoms with E-state index in [0.29, 0.717) is 23.9 Å². The fraction of sp³-hybridized carbons (Fsp3) is 0.273. The van der Waals surface area contributed by atoms with Gasteiger partial charge in [-0.2, -0.15) is 5.10 Å². The highest BCUT2D eigenvalue weighted by Crippen LogP contribution is 2.23. The summed E-state index contributed by atoms with van der Waals surface area (Å²) in [5.41, 5.74) is 5.02. The van der Waals surface area contributed by atoms with Crippen molar-refractivity contribution in [1.29, 1.82) is 0 Å². The summed E-state index contributed by atoms with van der Waals surface area (Å²) in [5, 5.41) is 17.5. The topological polar surface area (TPSA) is 99.2 Å². The number of hydrogen-bond donors (Lipinski definition) is 1. The van der Waals surface area contributed by atoms with Gasteiger partial charge < -0.3 is 5.32 Å². The third-order valence-corrected chi connectivity index (χ3v) is 5.81. The number of pyridine rings is 1. The minimum absolute atomic E-state index is 0.432. The lowest BCUT2D eigenvalue weighted by atomic mass is 10.1. The molecule has 9 heteroatoms. The SMILES string of the molecule is c1cnc2ccc(Cn3nnc4ncc(-c5cnn(C6CCNCC6)c5)nc43)cc2c1. The molecule has 0 atom stereocenters. The van der Waals surface area contributed by atoms with Gasteiger partial charge in [0, 0.05) is 23.3 Å². The molecule has 5 heterocycles. The van der Waals surface area contributed by atoms with E-state index in [-0.39, 0.29) is 0 Å². The fourth-order valence-electron chi connectivity index (χ4n) is 4.14. The molecule has 1 aliphatic heterocycles. The van der Waals surface area contributed by atoms with Gasteiger partial charge in [0.1, 0.15) is 0 Å². The standard InChI is InChI=1S/C22H21N9/c1-2-16-10-15(3-4-19(16)24-7-1)13-31-22-21(28-29-31)25-12-20(27-22)17-11-26-30(14-17)18-5-8-23-9-6-18/h1-4,7,10-12,14,18,23H,5-6,8-9,13H2. The number of aromatic nitrogens is 8. The van der Waals surface area contributed by atoms with Crippen molar-refractivity contribution in [2.75, 3.05) is 13.1 Å². The van der Waals surface area contributed by atoms with E-state index in [1.807, 2.05) is 18.3 Å². The van der Waals surface area contributed by atoms with Gasteiger partial charge in [0.25, 0.3) is 0 Å². The molecule has 31 heavy (non-hydrogen) atoms. The molecule has 1 saturated heterocycles. The van der Waals surface area contributed by atoms with Crippen LogP contribution in [-0.2, 0) is 6.54 Å². The summed E-state index contributed by atoms with van der Waals surface area (Å²) in [6.07, 6.45) is 9.65. The number of fused-ring (bicyclic) bond motifs is 2. The second kappa shape index (κ2) is 7.51. The molecule has 9 nitrogen and oxygen atoms in total. The number of piperidine rings is 1. The van der Waals surface area contributed by atoms with Crippen LogP contribution in [0.25, 0.3) is 33.5 Å². The van der Waals surface area contributed by atoms with Gasteiger partial charge in [-0.15, -0.1) is 5.10 Å². The van der Waals surface area contributed by atoms with E-state index < -0.39 is 0 Å². The highest BCUT2D eigenvalue weighted by Gasteiger charge is 2.17. The van der Waals surface area contributed by atoms with Gasteiger partial charge in [-0.1, -0.05) is 17.3 Å². The van der Waals surface area contributed by atoms with Crippen molar-refractivity contribution in [3.05, 3.63) is 60.7 Å². The Bertz CT molecular complexity index is 1360. The molecule has 0 radical (unpaired) electrons. The largest absolute Gasteiger partial charge is 0.317 e. The van der Waals surface area contributed by atoms with Crippen molar-refractivity contribution >= 4 is 22.2 Å². The van der Waals surface area contributed by atoms with Crippen molar-refractivity contribution in [3.63, 3.8) is 0 Å². The van der Waals surface area contributed by atoms with Crippen LogP contribution in [0.4, 0.5) is 0 Å².